The molecule has 0 radical (unpaired) electrons. The van der Waals surface area contributed by atoms with Gasteiger partial charge < -0.3 is 15.5 Å². The fourth-order valence-electron chi connectivity index (χ4n) is 2.73. The SMILES string of the molecule is CCNC(=O)[C@@H](C)NC(=O)C[NH+]1CCN(c2cccc[nH+]2)CC1. The van der Waals surface area contributed by atoms with Gasteiger partial charge in [0.15, 0.2) is 6.54 Å². The number of nitrogens with one attached hydrogen (secondary N) is 4. The van der Waals surface area contributed by atoms with E-state index in [0.717, 1.165) is 32.0 Å². The van der Waals surface area contributed by atoms with Crippen molar-refractivity contribution < 1.29 is 19.5 Å². The maximum absolute atomic E-state index is 12.1. The summed E-state index contributed by atoms with van der Waals surface area (Å²) >= 11 is 0. The van der Waals surface area contributed by atoms with Gasteiger partial charge in [-0.1, -0.05) is 6.07 Å². The summed E-state index contributed by atoms with van der Waals surface area (Å²) in [7, 11) is 0. The summed E-state index contributed by atoms with van der Waals surface area (Å²) in [4.78, 5) is 30.5. The highest BCUT2D eigenvalue weighted by molar-refractivity contribution is 5.87. The molecule has 1 aliphatic heterocycles. The van der Waals surface area contributed by atoms with Crippen LogP contribution in [0.4, 0.5) is 5.82 Å². The maximum Gasteiger partial charge on any atom is 0.275 e. The summed E-state index contributed by atoms with van der Waals surface area (Å²) in [5, 5.41) is 5.47. The van der Waals surface area contributed by atoms with Gasteiger partial charge in [-0.05, 0) is 19.9 Å². The molecule has 4 N–H and O–H groups in total. The number of hydrogen-bond acceptors (Lipinski definition) is 3. The van der Waals surface area contributed by atoms with Crippen molar-refractivity contribution in [3.8, 4) is 0 Å². The van der Waals surface area contributed by atoms with Gasteiger partial charge in [0, 0.05) is 12.6 Å². The highest BCUT2D eigenvalue weighted by atomic mass is 16.2. The number of carbonyl (C=O) groups is 2. The van der Waals surface area contributed by atoms with Crippen molar-refractivity contribution in [2.24, 2.45) is 0 Å². The summed E-state index contributed by atoms with van der Waals surface area (Å²) in [6, 6.07) is 5.56. The van der Waals surface area contributed by atoms with E-state index in [1.54, 1.807) is 6.92 Å². The van der Waals surface area contributed by atoms with E-state index in [-0.39, 0.29) is 11.8 Å². The number of carbonyl (C=O) groups excluding carboxylic acids is 2. The Bertz CT molecular complexity index is 514. The zero-order chi connectivity index (χ0) is 16.7. The van der Waals surface area contributed by atoms with Crippen molar-refractivity contribution in [2.45, 2.75) is 19.9 Å². The summed E-state index contributed by atoms with van der Waals surface area (Å²) in [6.07, 6.45) is 1.92. The Morgan fingerprint density at radius 3 is 2.70 bits per heavy atom. The summed E-state index contributed by atoms with van der Waals surface area (Å²) in [5.74, 6) is 0.902. The Morgan fingerprint density at radius 1 is 1.35 bits per heavy atom. The fraction of sp³-hybridized carbons (Fsp3) is 0.562. The number of nitrogens with zero attached hydrogens (tertiary/aromatic N) is 1. The van der Waals surface area contributed by atoms with Gasteiger partial charge in [0.2, 0.25) is 5.91 Å². The van der Waals surface area contributed by atoms with Crippen LogP contribution in [0, 0.1) is 0 Å². The number of H-pyrrole nitrogens is 1. The van der Waals surface area contributed by atoms with Crippen LogP contribution in [-0.2, 0) is 9.59 Å². The number of likely N-dealkylation sites (N-methyl/N-ethyl adjacent to an activating group) is 1. The van der Waals surface area contributed by atoms with Crippen molar-refractivity contribution in [1.29, 1.82) is 0 Å². The molecule has 2 heterocycles. The molecule has 1 aromatic rings. The minimum atomic E-state index is -0.484. The van der Waals surface area contributed by atoms with Gasteiger partial charge in [0.1, 0.15) is 32.2 Å². The molecule has 23 heavy (non-hydrogen) atoms. The molecule has 0 saturated carbocycles. The standard InChI is InChI=1S/C16H25N5O2/c1-3-17-16(23)13(2)19-15(22)12-20-8-10-21(11-9-20)14-6-4-5-7-18-14/h4-7,13H,3,8-12H2,1-2H3,(H,17,23)(H,19,22)/p+2/t13-/m1/s1. The number of anilines is 1. The monoisotopic (exact) mass is 321 g/mol. The molecule has 0 spiro atoms. The number of aromatic amines is 1. The van der Waals surface area contributed by atoms with E-state index in [1.807, 2.05) is 25.3 Å². The third-order valence-electron chi connectivity index (χ3n) is 4.04. The van der Waals surface area contributed by atoms with Crippen molar-refractivity contribution in [3.63, 3.8) is 0 Å². The Morgan fingerprint density at radius 2 is 2.09 bits per heavy atom. The van der Waals surface area contributed by atoms with Crippen LogP contribution in [-0.4, -0.2) is 57.1 Å². The lowest BCUT2D eigenvalue weighted by Crippen LogP contribution is -3.16. The number of rotatable bonds is 6. The number of amides is 2. The molecule has 0 bridgehead atoms. The zero-order valence-electron chi connectivity index (χ0n) is 13.9. The highest BCUT2D eigenvalue weighted by Crippen LogP contribution is 2.04. The van der Waals surface area contributed by atoms with Crippen LogP contribution < -0.4 is 25.4 Å². The largest absolute Gasteiger partial charge is 0.355 e. The lowest BCUT2D eigenvalue weighted by molar-refractivity contribution is -0.892. The van der Waals surface area contributed by atoms with Gasteiger partial charge in [0.05, 0.1) is 6.20 Å². The predicted molar refractivity (Wildman–Crippen MR) is 87.1 cm³/mol. The third-order valence-corrected chi connectivity index (χ3v) is 4.04. The number of hydrogen-bond donors (Lipinski definition) is 3. The molecule has 7 heteroatoms. The van der Waals surface area contributed by atoms with Gasteiger partial charge in [0.25, 0.3) is 11.7 Å². The Kier molecular flexibility index (Phi) is 6.34. The third kappa shape index (κ3) is 5.21. The van der Waals surface area contributed by atoms with Gasteiger partial charge in [-0.15, -0.1) is 0 Å². The molecule has 126 valence electrons. The molecular weight excluding hydrogens is 294 g/mol. The first-order valence-electron chi connectivity index (χ1n) is 8.22. The maximum atomic E-state index is 12.1. The van der Waals surface area contributed by atoms with Crippen LogP contribution in [0.2, 0.25) is 0 Å². The molecule has 2 rings (SSSR count). The Balaban J connectivity index is 1.73. The number of quaternary nitrogens is 1. The fourth-order valence-corrected chi connectivity index (χ4v) is 2.73. The molecular formula is C16H27N5O2+2. The summed E-state index contributed by atoms with van der Waals surface area (Å²) in [6.45, 7) is 8.20. The average Bonchev–Trinajstić information content (AvgIpc) is 2.56. The molecule has 2 amide bonds. The molecule has 1 fully saturated rings. The molecule has 0 aromatic carbocycles. The predicted octanol–water partition coefficient (Wildman–Crippen LogP) is -2.15. The minimum absolute atomic E-state index is 0.0709. The normalized spacial score (nSPS) is 16.7. The van der Waals surface area contributed by atoms with Gasteiger partial charge >= 0.3 is 0 Å². The van der Waals surface area contributed by atoms with Crippen molar-refractivity contribution in [3.05, 3.63) is 24.4 Å². The van der Waals surface area contributed by atoms with Crippen LogP contribution in [0.15, 0.2) is 24.4 Å². The summed E-state index contributed by atoms with van der Waals surface area (Å²) in [5.41, 5.74) is 0. The smallest absolute Gasteiger partial charge is 0.275 e. The lowest BCUT2D eigenvalue weighted by Gasteiger charge is -2.28. The van der Waals surface area contributed by atoms with Gasteiger partial charge in [-0.25, -0.2) is 4.98 Å². The van der Waals surface area contributed by atoms with E-state index in [1.165, 1.54) is 4.90 Å². The van der Waals surface area contributed by atoms with E-state index in [2.05, 4.69) is 26.6 Å². The number of aromatic nitrogens is 1. The quantitative estimate of drug-likeness (QED) is 0.559. The van der Waals surface area contributed by atoms with E-state index in [0.29, 0.717) is 13.1 Å². The topological polar surface area (TPSA) is 80.0 Å². The molecule has 1 saturated heterocycles. The molecule has 1 atom stereocenters. The van der Waals surface area contributed by atoms with Gasteiger partial charge in [-0.3, -0.25) is 14.5 Å². The van der Waals surface area contributed by atoms with E-state index in [9.17, 15) is 9.59 Å². The first-order valence-corrected chi connectivity index (χ1v) is 8.22. The lowest BCUT2D eigenvalue weighted by atomic mass is 10.2. The van der Waals surface area contributed by atoms with Crippen LogP contribution in [0.1, 0.15) is 13.8 Å². The summed E-state index contributed by atoms with van der Waals surface area (Å²) < 4.78 is 0. The van der Waals surface area contributed by atoms with Crippen LogP contribution in [0.25, 0.3) is 0 Å². The molecule has 0 unspecified atom stereocenters. The molecule has 1 aromatic heterocycles. The first kappa shape index (κ1) is 17.2. The van der Waals surface area contributed by atoms with Gasteiger partial charge in [-0.2, -0.15) is 0 Å². The van der Waals surface area contributed by atoms with Crippen molar-refractivity contribution in [1.82, 2.24) is 10.6 Å². The molecule has 0 aliphatic carbocycles. The first-order chi connectivity index (χ1) is 11.1. The Labute approximate surface area is 137 Å². The second-order valence-electron chi connectivity index (χ2n) is 5.85. The molecule has 1 aliphatic rings. The van der Waals surface area contributed by atoms with Crippen molar-refractivity contribution >= 4 is 17.6 Å². The zero-order valence-corrected chi connectivity index (χ0v) is 13.9. The molecule has 7 nitrogen and oxygen atoms in total. The van der Waals surface area contributed by atoms with Crippen molar-refractivity contribution in [2.75, 3.05) is 44.2 Å². The highest BCUT2D eigenvalue weighted by Gasteiger charge is 2.27. The second kappa shape index (κ2) is 8.47. The van der Waals surface area contributed by atoms with Crippen LogP contribution in [0.3, 0.4) is 0 Å². The van der Waals surface area contributed by atoms with Crippen LogP contribution >= 0.6 is 0 Å². The number of pyridine rings is 1. The van der Waals surface area contributed by atoms with Crippen LogP contribution in [0.5, 0.6) is 0 Å². The Hall–Kier alpha value is -2.15. The average molecular weight is 321 g/mol. The van der Waals surface area contributed by atoms with E-state index in [4.69, 9.17) is 0 Å². The van der Waals surface area contributed by atoms with E-state index < -0.39 is 6.04 Å². The van der Waals surface area contributed by atoms with E-state index >= 15 is 0 Å². The second-order valence-corrected chi connectivity index (χ2v) is 5.85. The number of piperazine rings is 1. The minimum Gasteiger partial charge on any atom is -0.355 e.